The zero-order valence-electron chi connectivity index (χ0n) is 11.5. The Bertz CT molecular complexity index is 507. The fraction of sp³-hybridized carbons (Fsp3) is 0.462. The van der Waals surface area contributed by atoms with Gasteiger partial charge < -0.3 is 14.8 Å². The van der Waals surface area contributed by atoms with Crippen LogP contribution in [-0.4, -0.2) is 37.9 Å². The average Bonchev–Trinajstić information content (AvgIpc) is 2.36. The minimum absolute atomic E-state index is 0.145. The Morgan fingerprint density at radius 3 is 2.59 bits per heavy atom. The molecule has 0 aliphatic rings. The van der Waals surface area contributed by atoms with Crippen molar-refractivity contribution in [3.8, 4) is 5.75 Å². The highest BCUT2D eigenvalue weighted by Crippen LogP contribution is 2.17. The van der Waals surface area contributed by atoms with E-state index in [-0.39, 0.29) is 12.4 Å². The van der Waals surface area contributed by atoms with Crippen LogP contribution in [0.15, 0.2) is 18.2 Å². The fourth-order valence-corrected chi connectivity index (χ4v) is 1.42. The summed E-state index contributed by atoms with van der Waals surface area (Å²) in [4.78, 5) is 11.3. The molecule has 0 spiro atoms. The van der Waals surface area contributed by atoms with Gasteiger partial charge in [-0.2, -0.15) is 13.2 Å². The number of benzene rings is 1. The smallest absolute Gasteiger partial charge is 0.411 e. The molecule has 1 N–H and O–H groups in total. The molecule has 1 aromatic rings. The minimum Gasteiger partial charge on any atom is -0.488 e. The molecule has 0 saturated heterocycles. The Labute approximate surface area is 123 Å². The first-order chi connectivity index (χ1) is 10.2. The molecule has 1 aromatic carbocycles. The molecule has 0 bridgehead atoms. The predicted molar refractivity (Wildman–Crippen MR) is 66.3 cm³/mol. The Kier molecular flexibility index (Phi) is 6.54. The quantitative estimate of drug-likeness (QED) is 0.783. The molecule has 22 heavy (non-hydrogen) atoms. The largest absolute Gasteiger partial charge is 0.488 e. The summed E-state index contributed by atoms with van der Waals surface area (Å²) < 4.78 is 70.6. The number of halogens is 5. The molecule has 0 aliphatic heterocycles. The van der Waals surface area contributed by atoms with Crippen molar-refractivity contribution in [2.75, 3.05) is 19.8 Å². The zero-order valence-corrected chi connectivity index (χ0v) is 11.5. The third-order valence-corrected chi connectivity index (χ3v) is 2.29. The van der Waals surface area contributed by atoms with Crippen LogP contribution in [0.1, 0.15) is 6.92 Å². The van der Waals surface area contributed by atoms with Crippen molar-refractivity contribution in [1.82, 2.24) is 5.32 Å². The van der Waals surface area contributed by atoms with Gasteiger partial charge in [0.15, 0.2) is 11.6 Å². The van der Waals surface area contributed by atoms with E-state index in [9.17, 15) is 26.7 Å². The first-order valence-electron chi connectivity index (χ1n) is 6.19. The molecule has 0 aliphatic carbocycles. The van der Waals surface area contributed by atoms with Crippen molar-refractivity contribution in [2.24, 2.45) is 0 Å². The van der Waals surface area contributed by atoms with E-state index >= 15 is 0 Å². The van der Waals surface area contributed by atoms with Crippen LogP contribution in [0.3, 0.4) is 0 Å². The molecule has 1 atom stereocenters. The predicted octanol–water partition coefficient (Wildman–Crippen LogP) is 2.43. The number of carbonyl (C=O) groups is 1. The van der Waals surface area contributed by atoms with Crippen molar-refractivity contribution >= 4 is 5.91 Å². The maximum atomic E-state index is 13.3. The van der Waals surface area contributed by atoms with Gasteiger partial charge in [0.1, 0.15) is 25.6 Å². The first-order valence-corrected chi connectivity index (χ1v) is 6.19. The van der Waals surface area contributed by atoms with Crippen LogP contribution in [-0.2, 0) is 9.53 Å². The fourth-order valence-electron chi connectivity index (χ4n) is 1.42. The summed E-state index contributed by atoms with van der Waals surface area (Å²) >= 11 is 0. The summed E-state index contributed by atoms with van der Waals surface area (Å²) in [5, 5.41) is 2.31. The van der Waals surface area contributed by atoms with Crippen LogP contribution in [0.25, 0.3) is 0 Å². The SMILES string of the molecule is CC(COc1ccc(F)cc1F)NC(=O)COCC(F)(F)F. The molecule has 0 heterocycles. The summed E-state index contributed by atoms with van der Waals surface area (Å²) in [5.41, 5.74) is 0. The van der Waals surface area contributed by atoms with Crippen LogP contribution in [0, 0.1) is 11.6 Å². The van der Waals surface area contributed by atoms with Crippen LogP contribution < -0.4 is 10.1 Å². The Hall–Kier alpha value is -1.90. The summed E-state index contributed by atoms with van der Waals surface area (Å²) in [6.45, 7) is -0.919. The van der Waals surface area contributed by atoms with E-state index in [0.29, 0.717) is 6.07 Å². The van der Waals surface area contributed by atoms with Crippen molar-refractivity contribution in [2.45, 2.75) is 19.1 Å². The second-order valence-electron chi connectivity index (χ2n) is 4.46. The van der Waals surface area contributed by atoms with Gasteiger partial charge in [0.2, 0.25) is 5.91 Å². The Balaban J connectivity index is 2.30. The van der Waals surface area contributed by atoms with Crippen LogP contribution in [0.4, 0.5) is 22.0 Å². The van der Waals surface area contributed by atoms with E-state index in [2.05, 4.69) is 10.1 Å². The van der Waals surface area contributed by atoms with Gasteiger partial charge in [-0.3, -0.25) is 4.79 Å². The maximum absolute atomic E-state index is 13.3. The molecule has 9 heteroatoms. The van der Waals surface area contributed by atoms with Crippen LogP contribution in [0.2, 0.25) is 0 Å². The normalized spacial score (nSPS) is 12.8. The molecule has 0 saturated carbocycles. The van der Waals surface area contributed by atoms with E-state index < -0.39 is 43.0 Å². The van der Waals surface area contributed by atoms with E-state index in [1.54, 1.807) is 0 Å². The monoisotopic (exact) mass is 327 g/mol. The second kappa shape index (κ2) is 7.92. The first kappa shape index (κ1) is 18.1. The lowest BCUT2D eigenvalue weighted by Crippen LogP contribution is -2.39. The van der Waals surface area contributed by atoms with E-state index in [1.165, 1.54) is 6.92 Å². The number of ether oxygens (including phenoxy) is 2. The van der Waals surface area contributed by atoms with Crippen molar-refractivity contribution in [1.29, 1.82) is 0 Å². The van der Waals surface area contributed by atoms with Crippen molar-refractivity contribution < 1.29 is 36.2 Å². The standard InChI is InChI=1S/C13H14F5NO3/c1-8(19-12(20)6-21-7-13(16,17)18)5-22-11-3-2-9(14)4-10(11)15/h2-4,8H,5-7H2,1H3,(H,19,20). The van der Waals surface area contributed by atoms with Crippen LogP contribution >= 0.6 is 0 Å². The lowest BCUT2D eigenvalue weighted by molar-refractivity contribution is -0.175. The molecular formula is C13H14F5NO3. The zero-order chi connectivity index (χ0) is 16.8. The lowest BCUT2D eigenvalue weighted by Gasteiger charge is -2.15. The molecule has 0 radical (unpaired) electrons. The Morgan fingerprint density at radius 1 is 1.32 bits per heavy atom. The number of carbonyl (C=O) groups excluding carboxylic acids is 1. The van der Waals surface area contributed by atoms with Crippen LogP contribution in [0.5, 0.6) is 5.75 Å². The number of rotatable bonds is 7. The van der Waals surface area contributed by atoms with E-state index in [4.69, 9.17) is 4.74 Å². The van der Waals surface area contributed by atoms with Gasteiger partial charge in [0.05, 0.1) is 6.04 Å². The van der Waals surface area contributed by atoms with Gasteiger partial charge >= 0.3 is 6.18 Å². The maximum Gasteiger partial charge on any atom is 0.411 e. The summed E-state index contributed by atoms with van der Waals surface area (Å²) in [6, 6.07) is 2.13. The number of alkyl halides is 3. The van der Waals surface area contributed by atoms with E-state index in [1.807, 2.05) is 0 Å². The van der Waals surface area contributed by atoms with Crippen molar-refractivity contribution in [3.63, 3.8) is 0 Å². The summed E-state index contributed by atoms with van der Waals surface area (Å²) in [7, 11) is 0. The van der Waals surface area contributed by atoms with Gasteiger partial charge in [-0.15, -0.1) is 0 Å². The van der Waals surface area contributed by atoms with Gasteiger partial charge in [0.25, 0.3) is 0 Å². The van der Waals surface area contributed by atoms with Gasteiger partial charge in [-0.05, 0) is 19.1 Å². The number of nitrogens with one attached hydrogen (secondary N) is 1. The summed E-state index contributed by atoms with van der Waals surface area (Å²) in [6.07, 6.45) is -4.50. The molecule has 0 fully saturated rings. The molecule has 124 valence electrons. The third-order valence-electron chi connectivity index (χ3n) is 2.29. The molecule has 0 aromatic heterocycles. The third kappa shape index (κ3) is 7.21. The number of amides is 1. The highest BCUT2D eigenvalue weighted by molar-refractivity contribution is 5.77. The lowest BCUT2D eigenvalue weighted by atomic mass is 10.3. The molecule has 1 rings (SSSR count). The summed E-state index contributed by atoms with van der Waals surface area (Å²) in [5.74, 6) is -2.61. The van der Waals surface area contributed by atoms with Crippen molar-refractivity contribution in [3.05, 3.63) is 29.8 Å². The molecule has 1 amide bonds. The van der Waals surface area contributed by atoms with Gasteiger partial charge in [-0.1, -0.05) is 0 Å². The van der Waals surface area contributed by atoms with Gasteiger partial charge in [-0.25, -0.2) is 8.78 Å². The number of hydrogen-bond donors (Lipinski definition) is 1. The molecular weight excluding hydrogens is 313 g/mol. The molecule has 4 nitrogen and oxygen atoms in total. The molecule has 1 unspecified atom stereocenters. The highest BCUT2D eigenvalue weighted by atomic mass is 19.4. The average molecular weight is 327 g/mol. The van der Waals surface area contributed by atoms with Gasteiger partial charge in [0, 0.05) is 6.07 Å². The minimum atomic E-state index is -4.50. The highest BCUT2D eigenvalue weighted by Gasteiger charge is 2.27. The van der Waals surface area contributed by atoms with E-state index in [0.717, 1.165) is 12.1 Å². The topological polar surface area (TPSA) is 47.6 Å². The second-order valence-corrected chi connectivity index (χ2v) is 4.46. The number of hydrogen-bond acceptors (Lipinski definition) is 3. The Morgan fingerprint density at radius 2 is 2.00 bits per heavy atom.